The van der Waals surface area contributed by atoms with E-state index in [1.807, 2.05) is 24.3 Å². The van der Waals surface area contributed by atoms with E-state index in [1.54, 1.807) is 0 Å². The molecule has 0 bridgehead atoms. The van der Waals surface area contributed by atoms with Crippen molar-refractivity contribution < 1.29 is 4.74 Å². The first kappa shape index (κ1) is 10.9. The Labute approximate surface area is 95.4 Å². The molecule has 82 valence electrons. The van der Waals surface area contributed by atoms with Crippen molar-refractivity contribution in [3.8, 4) is 0 Å². The molecule has 0 spiro atoms. The van der Waals surface area contributed by atoms with E-state index >= 15 is 0 Å². The Bertz CT molecular complexity index is 306. The topological polar surface area (TPSA) is 35.2 Å². The van der Waals surface area contributed by atoms with Crippen LogP contribution in [-0.4, -0.2) is 19.3 Å². The Morgan fingerprint density at radius 3 is 2.73 bits per heavy atom. The van der Waals surface area contributed by atoms with Gasteiger partial charge in [-0.1, -0.05) is 23.7 Å². The lowest BCUT2D eigenvalue weighted by Crippen LogP contribution is -2.32. The molecule has 2 rings (SSSR count). The lowest BCUT2D eigenvalue weighted by atomic mass is 9.94. The number of benzene rings is 1. The fraction of sp³-hybridized carbons (Fsp3) is 0.500. The Morgan fingerprint density at radius 1 is 1.40 bits per heavy atom. The van der Waals surface area contributed by atoms with Crippen LogP contribution in [0.25, 0.3) is 0 Å². The van der Waals surface area contributed by atoms with Crippen LogP contribution in [0.1, 0.15) is 12.0 Å². The van der Waals surface area contributed by atoms with Gasteiger partial charge in [-0.15, -0.1) is 0 Å². The third kappa shape index (κ3) is 2.94. The summed E-state index contributed by atoms with van der Waals surface area (Å²) in [5, 5.41) is 0.775. The van der Waals surface area contributed by atoms with Crippen LogP contribution < -0.4 is 5.73 Å². The first-order valence-electron chi connectivity index (χ1n) is 5.33. The Morgan fingerprint density at radius 2 is 2.13 bits per heavy atom. The first-order valence-corrected chi connectivity index (χ1v) is 5.71. The largest absolute Gasteiger partial charge is 0.381 e. The average Bonchev–Trinajstić information content (AvgIpc) is 2.74. The third-order valence-electron chi connectivity index (χ3n) is 2.96. The van der Waals surface area contributed by atoms with Crippen molar-refractivity contribution in [1.82, 2.24) is 0 Å². The zero-order chi connectivity index (χ0) is 10.7. The molecule has 0 aromatic heterocycles. The summed E-state index contributed by atoms with van der Waals surface area (Å²) in [6.07, 6.45) is 2.00. The van der Waals surface area contributed by atoms with E-state index in [9.17, 15) is 0 Å². The number of rotatable bonds is 3. The van der Waals surface area contributed by atoms with Crippen molar-refractivity contribution in [2.45, 2.75) is 18.9 Å². The van der Waals surface area contributed by atoms with E-state index < -0.39 is 0 Å². The van der Waals surface area contributed by atoms with E-state index in [0.717, 1.165) is 31.1 Å². The van der Waals surface area contributed by atoms with E-state index in [0.29, 0.717) is 5.92 Å². The molecule has 1 saturated heterocycles. The van der Waals surface area contributed by atoms with Crippen molar-refractivity contribution in [2.75, 3.05) is 13.2 Å². The van der Waals surface area contributed by atoms with Crippen molar-refractivity contribution in [1.29, 1.82) is 0 Å². The number of ether oxygens (including phenoxy) is 1. The minimum absolute atomic E-state index is 0.202. The van der Waals surface area contributed by atoms with Crippen LogP contribution in [0.5, 0.6) is 0 Å². The van der Waals surface area contributed by atoms with Gasteiger partial charge in [0.15, 0.2) is 0 Å². The van der Waals surface area contributed by atoms with Crippen molar-refractivity contribution >= 4 is 11.6 Å². The molecule has 0 amide bonds. The Balaban J connectivity index is 1.92. The molecule has 2 atom stereocenters. The van der Waals surface area contributed by atoms with Gasteiger partial charge >= 0.3 is 0 Å². The lowest BCUT2D eigenvalue weighted by molar-refractivity contribution is 0.180. The molecule has 1 aromatic carbocycles. The predicted octanol–water partition coefficient (Wildman–Crippen LogP) is 2.25. The first-order chi connectivity index (χ1) is 7.25. The maximum atomic E-state index is 6.14. The molecule has 0 aliphatic carbocycles. The normalized spacial score (nSPS) is 22.9. The van der Waals surface area contributed by atoms with Crippen LogP contribution in [-0.2, 0) is 11.2 Å². The monoisotopic (exact) mass is 225 g/mol. The highest BCUT2D eigenvalue weighted by molar-refractivity contribution is 6.30. The fourth-order valence-corrected chi connectivity index (χ4v) is 2.08. The molecular formula is C12H16ClNO. The van der Waals surface area contributed by atoms with Crippen LogP contribution in [0.2, 0.25) is 5.02 Å². The highest BCUT2D eigenvalue weighted by atomic mass is 35.5. The summed E-state index contributed by atoms with van der Waals surface area (Å²) in [5.74, 6) is 0.515. The fourth-order valence-electron chi connectivity index (χ4n) is 1.95. The summed E-state index contributed by atoms with van der Waals surface area (Å²) in [6, 6.07) is 8.10. The molecule has 15 heavy (non-hydrogen) atoms. The smallest absolute Gasteiger partial charge is 0.0510 e. The highest BCUT2D eigenvalue weighted by Gasteiger charge is 2.22. The molecule has 1 aromatic rings. The van der Waals surface area contributed by atoms with Crippen molar-refractivity contribution in [3.63, 3.8) is 0 Å². The number of hydrogen-bond acceptors (Lipinski definition) is 2. The summed E-state index contributed by atoms with van der Waals surface area (Å²) in [4.78, 5) is 0. The molecule has 2 unspecified atom stereocenters. The van der Waals surface area contributed by atoms with Crippen molar-refractivity contribution in [3.05, 3.63) is 34.9 Å². The predicted molar refractivity (Wildman–Crippen MR) is 62.1 cm³/mol. The van der Waals surface area contributed by atoms with E-state index in [2.05, 4.69) is 0 Å². The number of halogens is 1. The second-order valence-corrected chi connectivity index (χ2v) is 4.55. The molecular weight excluding hydrogens is 210 g/mol. The lowest BCUT2D eigenvalue weighted by Gasteiger charge is -2.17. The van der Waals surface area contributed by atoms with Crippen LogP contribution in [0, 0.1) is 5.92 Å². The summed E-state index contributed by atoms with van der Waals surface area (Å²) >= 11 is 5.82. The zero-order valence-electron chi connectivity index (χ0n) is 8.66. The molecule has 0 saturated carbocycles. The van der Waals surface area contributed by atoms with Crippen LogP contribution in [0.4, 0.5) is 0 Å². The molecule has 3 heteroatoms. The summed E-state index contributed by atoms with van der Waals surface area (Å²) in [5.41, 5.74) is 7.38. The second kappa shape index (κ2) is 4.97. The van der Waals surface area contributed by atoms with Gasteiger partial charge in [0.05, 0.1) is 6.61 Å². The van der Waals surface area contributed by atoms with Crippen molar-refractivity contribution in [2.24, 2.45) is 11.7 Å². The van der Waals surface area contributed by atoms with Gasteiger partial charge in [0, 0.05) is 17.7 Å². The Hall–Kier alpha value is -0.570. The Kier molecular flexibility index (Phi) is 3.62. The second-order valence-electron chi connectivity index (χ2n) is 4.12. The third-order valence-corrected chi connectivity index (χ3v) is 3.21. The maximum absolute atomic E-state index is 6.14. The number of nitrogens with two attached hydrogens (primary N) is 1. The van der Waals surface area contributed by atoms with Gasteiger partial charge in [0.1, 0.15) is 0 Å². The quantitative estimate of drug-likeness (QED) is 0.857. The highest BCUT2D eigenvalue weighted by Crippen LogP contribution is 2.19. The minimum Gasteiger partial charge on any atom is -0.381 e. The number of hydrogen-bond donors (Lipinski definition) is 1. The van der Waals surface area contributed by atoms with Gasteiger partial charge in [-0.3, -0.25) is 0 Å². The molecule has 1 heterocycles. The van der Waals surface area contributed by atoms with Crippen LogP contribution in [0.3, 0.4) is 0 Å². The van der Waals surface area contributed by atoms with Gasteiger partial charge < -0.3 is 10.5 Å². The van der Waals surface area contributed by atoms with Gasteiger partial charge in [-0.05, 0) is 36.5 Å². The van der Waals surface area contributed by atoms with Gasteiger partial charge in [-0.2, -0.15) is 0 Å². The van der Waals surface area contributed by atoms with Gasteiger partial charge in [0.25, 0.3) is 0 Å². The SMILES string of the molecule is NC(Cc1ccc(Cl)cc1)C1CCOC1. The molecule has 1 aliphatic heterocycles. The van der Waals surface area contributed by atoms with E-state index in [1.165, 1.54) is 5.56 Å². The molecule has 2 nitrogen and oxygen atoms in total. The minimum atomic E-state index is 0.202. The molecule has 0 radical (unpaired) electrons. The van der Waals surface area contributed by atoms with Gasteiger partial charge in [0.2, 0.25) is 0 Å². The van der Waals surface area contributed by atoms with Crippen LogP contribution in [0.15, 0.2) is 24.3 Å². The summed E-state index contributed by atoms with van der Waals surface area (Å²) in [7, 11) is 0. The molecule has 1 fully saturated rings. The maximum Gasteiger partial charge on any atom is 0.0510 e. The summed E-state index contributed by atoms with van der Waals surface area (Å²) in [6.45, 7) is 1.67. The van der Waals surface area contributed by atoms with Crippen LogP contribution >= 0.6 is 11.6 Å². The molecule has 2 N–H and O–H groups in total. The summed E-state index contributed by atoms with van der Waals surface area (Å²) < 4.78 is 5.33. The van der Waals surface area contributed by atoms with E-state index in [4.69, 9.17) is 22.1 Å². The molecule has 1 aliphatic rings. The standard InChI is InChI=1S/C12H16ClNO/c13-11-3-1-9(2-4-11)7-12(14)10-5-6-15-8-10/h1-4,10,12H,5-8,14H2. The zero-order valence-corrected chi connectivity index (χ0v) is 9.41. The average molecular weight is 226 g/mol. The van der Waals surface area contributed by atoms with E-state index in [-0.39, 0.29) is 6.04 Å². The van der Waals surface area contributed by atoms with Gasteiger partial charge in [-0.25, -0.2) is 0 Å².